The molecule has 5 heteroatoms. The Hall–Kier alpha value is -0.910. The molecule has 1 aliphatic rings. The Balaban J connectivity index is 1.99. The smallest absolute Gasteiger partial charge is 0.162 e. The molecule has 0 amide bonds. The van der Waals surface area contributed by atoms with E-state index in [-0.39, 0.29) is 12.1 Å². The number of hydrogen-bond acceptors (Lipinski definition) is 5. The van der Waals surface area contributed by atoms with Crippen LogP contribution in [0.5, 0.6) is 11.5 Å². The summed E-state index contributed by atoms with van der Waals surface area (Å²) >= 11 is 1.71. The van der Waals surface area contributed by atoms with Crippen LogP contribution in [0.1, 0.15) is 13.8 Å². The van der Waals surface area contributed by atoms with Crippen molar-refractivity contribution in [1.29, 1.82) is 0 Å². The predicted octanol–water partition coefficient (Wildman–Crippen LogP) is 1.91. The lowest BCUT2D eigenvalue weighted by Crippen LogP contribution is -2.47. The Kier molecular flexibility index (Phi) is 4.96. The maximum Gasteiger partial charge on any atom is 0.162 e. The van der Waals surface area contributed by atoms with Gasteiger partial charge in [-0.2, -0.15) is 0 Å². The molecular formula is C14H21NO3S. The van der Waals surface area contributed by atoms with Gasteiger partial charge in [0.15, 0.2) is 11.5 Å². The molecule has 0 aromatic heterocycles. The normalized spacial score (nSPS) is 17.0. The van der Waals surface area contributed by atoms with Crippen LogP contribution < -0.4 is 14.8 Å². The van der Waals surface area contributed by atoms with Gasteiger partial charge in [-0.3, -0.25) is 0 Å². The number of rotatable bonds is 6. The van der Waals surface area contributed by atoms with Gasteiger partial charge in [0.2, 0.25) is 0 Å². The average molecular weight is 283 g/mol. The molecule has 1 atom stereocenters. The summed E-state index contributed by atoms with van der Waals surface area (Å²) in [5.41, 5.74) is -0.257. The maximum atomic E-state index is 9.47. The molecule has 106 valence electrons. The van der Waals surface area contributed by atoms with E-state index in [0.29, 0.717) is 13.2 Å². The minimum Gasteiger partial charge on any atom is -0.486 e. The van der Waals surface area contributed by atoms with Crippen molar-refractivity contribution in [3.8, 4) is 11.5 Å². The zero-order chi connectivity index (χ0) is 13.7. The van der Waals surface area contributed by atoms with Crippen molar-refractivity contribution in [3.05, 3.63) is 18.2 Å². The highest BCUT2D eigenvalue weighted by molar-refractivity contribution is 7.99. The quantitative estimate of drug-likeness (QED) is 0.781. The summed E-state index contributed by atoms with van der Waals surface area (Å²) in [4.78, 5) is 1.13. The molecule has 0 spiro atoms. The maximum absolute atomic E-state index is 9.47. The second kappa shape index (κ2) is 6.50. The largest absolute Gasteiger partial charge is 0.486 e. The Labute approximate surface area is 118 Å². The molecule has 0 saturated heterocycles. The van der Waals surface area contributed by atoms with E-state index in [9.17, 15) is 5.11 Å². The molecule has 2 N–H and O–H groups in total. The van der Waals surface area contributed by atoms with Crippen LogP contribution >= 0.6 is 11.8 Å². The van der Waals surface area contributed by atoms with Crippen LogP contribution in [0, 0.1) is 0 Å². The van der Waals surface area contributed by atoms with Crippen molar-refractivity contribution in [2.24, 2.45) is 0 Å². The first-order valence-electron chi connectivity index (χ1n) is 6.55. The van der Waals surface area contributed by atoms with Crippen molar-refractivity contribution >= 4 is 11.8 Å². The summed E-state index contributed by atoms with van der Waals surface area (Å²) in [6.45, 7) is 6.26. The van der Waals surface area contributed by atoms with E-state index < -0.39 is 0 Å². The molecule has 1 heterocycles. The lowest BCUT2D eigenvalue weighted by Gasteiger charge is -2.28. The van der Waals surface area contributed by atoms with Gasteiger partial charge < -0.3 is 19.9 Å². The summed E-state index contributed by atoms with van der Waals surface area (Å²) in [6, 6.07) is 5.98. The van der Waals surface area contributed by atoms with Crippen molar-refractivity contribution in [2.75, 3.05) is 32.1 Å². The van der Waals surface area contributed by atoms with Crippen molar-refractivity contribution in [1.82, 2.24) is 5.32 Å². The molecule has 0 radical (unpaired) electrons. The highest BCUT2D eigenvalue weighted by atomic mass is 32.2. The van der Waals surface area contributed by atoms with Crippen LogP contribution in [-0.2, 0) is 0 Å². The van der Waals surface area contributed by atoms with E-state index in [1.165, 1.54) is 0 Å². The van der Waals surface area contributed by atoms with E-state index in [1.54, 1.807) is 11.8 Å². The third kappa shape index (κ3) is 3.78. The van der Waals surface area contributed by atoms with E-state index in [0.717, 1.165) is 28.7 Å². The standard InChI is InChI=1S/C14H21NO3S/c1-3-15-14(2,9-16)10-19-11-4-5-12-13(8-11)18-7-6-17-12/h4-5,8,15-16H,3,6-7,9-10H2,1-2H3. The van der Waals surface area contributed by atoms with Crippen LogP contribution in [-0.4, -0.2) is 42.8 Å². The first kappa shape index (κ1) is 14.5. The summed E-state index contributed by atoms with van der Waals surface area (Å²) < 4.78 is 11.1. The highest BCUT2D eigenvalue weighted by Crippen LogP contribution is 2.34. The van der Waals surface area contributed by atoms with E-state index in [2.05, 4.69) is 5.32 Å². The Morgan fingerprint density at radius 1 is 1.32 bits per heavy atom. The van der Waals surface area contributed by atoms with Gasteiger partial charge in [-0.05, 0) is 31.7 Å². The number of aliphatic hydroxyl groups is 1. The number of likely N-dealkylation sites (N-methyl/N-ethyl adjacent to an activating group) is 1. The van der Waals surface area contributed by atoms with Gasteiger partial charge in [-0.1, -0.05) is 6.92 Å². The van der Waals surface area contributed by atoms with Gasteiger partial charge in [0.25, 0.3) is 0 Å². The van der Waals surface area contributed by atoms with Crippen LogP contribution in [0.3, 0.4) is 0 Å². The van der Waals surface area contributed by atoms with Crippen molar-refractivity contribution < 1.29 is 14.6 Å². The second-order valence-electron chi connectivity index (χ2n) is 4.84. The number of fused-ring (bicyclic) bond motifs is 1. The molecule has 19 heavy (non-hydrogen) atoms. The van der Waals surface area contributed by atoms with Gasteiger partial charge in [0.1, 0.15) is 13.2 Å². The number of aliphatic hydroxyl groups excluding tert-OH is 1. The molecule has 2 rings (SSSR count). The molecule has 1 aromatic rings. The van der Waals surface area contributed by atoms with E-state index in [4.69, 9.17) is 9.47 Å². The third-order valence-electron chi connectivity index (χ3n) is 3.02. The molecular weight excluding hydrogens is 262 g/mol. The number of nitrogens with one attached hydrogen (secondary N) is 1. The Bertz CT molecular complexity index is 427. The molecule has 1 aliphatic heterocycles. The fourth-order valence-electron chi connectivity index (χ4n) is 1.94. The molecule has 0 bridgehead atoms. The highest BCUT2D eigenvalue weighted by Gasteiger charge is 2.22. The van der Waals surface area contributed by atoms with Gasteiger partial charge in [-0.15, -0.1) is 11.8 Å². The summed E-state index contributed by atoms with van der Waals surface area (Å²) in [6.07, 6.45) is 0. The van der Waals surface area contributed by atoms with Crippen LogP contribution in [0.4, 0.5) is 0 Å². The van der Waals surface area contributed by atoms with Gasteiger partial charge >= 0.3 is 0 Å². The van der Waals surface area contributed by atoms with Crippen LogP contribution in [0.15, 0.2) is 23.1 Å². The minimum absolute atomic E-state index is 0.123. The van der Waals surface area contributed by atoms with E-state index >= 15 is 0 Å². The predicted molar refractivity (Wildman–Crippen MR) is 77.3 cm³/mol. The molecule has 0 aliphatic carbocycles. The summed E-state index contributed by atoms with van der Waals surface area (Å²) in [5, 5.41) is 12.8. The number of ether oxygens (including phenoxy) is 2. The fourth-order valence-corrected chi connectivity index (χ4v) is 2.97. The van der Waals surface area contributed by atoms with Gasteiger partial charge in [0, 0.05) is 16.2 Å². The monoisotopic (exact) mass is 283 g/mol. The van der Waals surface area contributed by atoms with Gasteiger partial charge in [-0.25, -0.2) is 0 Å². The van der Waals surface area contributed by atoms with Crippen molar-refractivity contribution in [3.63, 3.8) is 0 Å². The molecule has 0 saturated carbocycles. The summed E-state index contributed by atoms with van der Waals surface area (Å²) in [7, 11) is 0. The molecule has 0 fully saturated rings. The topological polar surface area (TPSA) is 50.7 Å². The zero-order valence-electron chi connectivity index (χ0n) is 11.4. The number of hydrogen-bond donors (Lipinski definition) is 2. The first-order valence-corrected chi connectivity index (χ1v) is 7.54. The SMILES string of the molecule is CCNC(C)(CO)CSc1ccc2c(c1)OCCO2. The number of benzene rings is 1. The minimum atomic E-state index is -0.257. The molecule has 4 nitrogen and oxygen atoms in total. The van der Waals surface area contributed by atoms with Crippen LogP contribution in [0.2, 0.25) is 0 Å². The lowest BCUT2D eigenvalue weighted by molar-refractivity contribution is 0.171. The number of thioether (sulfide) groups is 1. The molecule has 1 unspecified atom stereocenters. The third-order valence-corrected chi connectivity index (χ3v) is 4.39. The average Bonchev–Trinajstić information content (AvgIpc) is 2.45. The lowest BCUT2D eigenvalue weighted by atomic mass is 10.1. The Morgan fingerprint density at radius 2 is 2.05 bits per heavy atom. The van der Waals surface area contributed by atoms with Crippen molar-refractivity contribution in [2.45, 2.75) is 24.3 Å². The fraction of sp³-hybridized carbons (Fsp3) is 0.571. The zero-order valence-corrected chi connectivity index (χ0v) is 12.3. The van der Waals surface area contributed by atoms with Crippen LogP contribution in [0.25, 0.3) is 0 Å². The summed E-state index contributed by atoms with van der Waals surface area (Å²) in [5.74, 6) is 2.43. The van der Waals surface area contributed by atoms with E-state index in [1.807, 2.05) is 32.0 Å². The second-order valence-corrected chi connectivity index (χ2v) is 5.89. The Morgan fingerprint density at radius 3 is 2.74 bits per heavy atom. The van der Waals surface area contributed by atoms with Gasteiger partial charge in [0.05, 0.1) is 6.61 Å². The molecule has 1 aromatic carbocycles. The first-order chi connectivity index (χ1) is 9.17.